The highest BCUT2D eigenvalue weighted by Gasteiger charge is 2.05. The van der Waals surface area contributed by atoms with Crippen LogP contribution in [0.1, 0.15) is 72.9 Å². The molecule has 0 aliphatic carbocycles. The largest absolute Gasteiger partial charge is 0.203 e. The quantitative estimate of drug-likeness (QED) is 0.639. The van der Waals surface area contributed by atoms with Gasteiger partial charge in [-0.05, 0) is 25.3 Å². The summed E-state index contributed by atoms with van der Waals surface area (Å²) in [5.41, 5.74) is 1.41. The summed E-state index contributed by atoms with van der Waals surface area (Å²) in [7, 11) is 0. The Hall–Kier alpha value is -0.850. The van der Waals surface area contributed by atoms with Crippen LogP contribution in [0.2, 0.25) is 0 Å². The first-order valence-corrected chi connectivity index (χ1v) is 6.62. The van der Waals surface area contributed by atoms with E-state index in [0.29, 0.717) is 12.0 Å². The Morgan fingerprint density at radius 2 is 1.19 bits per heavy atom. The van der Waals surface area contributed by atoms with Gasteiger partial charge in [0, 0.05) is 12.1 Å². The van der Waals surface area contributed by atoms with Crippen molar-refractivity contribution >= 4 is 0 Å². The van der Waals surface area contributed by atoms with E-state index in [-0.39, 0.29) is 0 Å². The van der Waals surface area contributed by atoms with Crippen LogP contribution in [0.25, 0.3) is 0 Å². The third-order valence-corrected chi connectivity index (χ3v) is 2.14. The Labute approximate surface area is 103 Å². The zero-order valence-electron chi connectivity index (χ0n) is 12.4. The van der Waals surface area contributed by atoms with Gasteiger partial charge in [-0.3, -0.25) is 0 Å². The molecule has 0 bridgehead atoms. The Morgan fingerprint density at radius 1 is 0.812 bits per heavy atom. The molecule has 0 atom stereocenters. The summed E-state index contributed by atoms with van der Waals surface area (Å²) in [6.45, 7) is 16.8. The van der Waals surface area contributed by atoms with Crippen molar-refractivity contribution < 1.29 is 4.57 Å². The molecule has 0 N–H and O–H groups in total. The van der Waals surface area contributed by atoms with Crippen molar-refractivity contribution in [2.75, 3.05) is 0 Å². The molecule has 0 fully saturated rings. The molecule has 1 rings (SSSR count). The summed E-state index contributed by atoms with van der Waals surface area (Å²) in [6, 6.07) is 4.96. The van der Waals surface area contributed by atoms with Gasteiger partial charge in [0.1, 0.15) is 0 Å². The predicted octanol–water partition coefficient (Wildman–Crippen LogP) is 4.73. The van der Waals surface area contributed by atoms with E-state index in [9.17, 15) is 0 Å². The van der Waals surface area contributed by atoms with E-state index in [4.69, 9.17) is 0 Å². The minimum absolute atomic E-state index is 0.561. The highest BCUT2D eigenvalue weighted by atomic mass is 15.0. The Kier molecular flexibility index (Phi) is 11.7. The number of pyridine rings is 1. The van der Waals surface area contributed by atoms with Crippen molar-refractivity contribution in [3.8, 4) is 0 Å². The lowest BCUT2D eigenvalue weighted by Crippen LogP contribution is -2.34. The first-order valence-electron chi connectivity index (χ1n) is 6.62. The molecule has 1 aromatic rings. The number of hydrogen-bond acceptors (Lipinski definition) is 0. The van der Waals surface area contributed by atoms with Crippen LogP contribution in [0, 0.1) is 0 Å². The van der Waals surface area contributed by atoms with E-state index >= 15 is 0 Å². The van der Waals surface area contributed by atoms with Gasteiger partial charge in [-0.25, -0.2) is 4.57 Å². The zero-order valence-corrected chi connectivity index (χ0v) is 12.4. The minimum atomic E-state index is 0.561. The summed E-state index contributed by atoms with van der Waals surface area (Å²) in [5, 5.41) is 0. The third-order valence-electron chi connectivity index (χ3n) is 2.14. The molecule has 0 amide bonds. The van der Waals surface area contributed by atoms with Crippen LogP contribution in [-0.4, -0.2) is 0 Å². The zero-order chi connectivity index (χ0) is 13.1. The van der Waals surface area contributed by atoms with Gasteiger partial charge in [0.15, 0.2) is 18.4 Å². The standard InChI is InChI=1S/C11H18N.2C2H6/c1-9(2)11-5-7-12(8-6-11)10(3)4;2*1-2/h5-10H,1-4H3;2*1-2H3/q+1;;. The monoisotopic (exact) mass is 224 g/mol. The Bertz CT molecular complexity index is 207. The fourth-order valence-electron chi connectivity index (χ4n) is 1.18. The smallest absolute Gasteiger partial charge is 0.169 e. The summed E-state index contributed by atoms with van der Waals surface area (Å²) in [6.07, 6.45) is 4.31. The Morgan fingerprint density at radius 3 is 1.44 bits per heavy atom. The molecule has 0 radical (unpaired) electrons. The van der Waals surface area contributed by atoms with Crippen LogP contribution in [0.4, 0.5) is 0 Å². The molecule has 0 aromatic carbocycles. The number of rotatable bonds is 2. The van der Waals surface area contributed by atoms with E-state index in [2.05, 4.69) is 56.8 Å². The molecule has 0 saturated carbocycles. The molecule has 94 valence electrons. The SMILES string of the molecule is CC.CC.CC(C)c1cc[n+](C(C)C)cc1. The molecule has 1 heterocycles. The van der Waals surface area contributed by atoms with Gasteiger partial charge in [0.25, 0.3) is 0 Å². The van der Waals surface area contributed by atoms with Crippen LogP contribution in [0.5, 0.6) is 0 Å². The van der Waals surface area contributed by atoms with Gasteiger partial charge in [-0.2, -0.15) is 0 Å². The molecule has 0 aliphatic rings. The first-order chi connectivity index (χ1) is 7.61. The lowest BCUT2D eigenvalue weighted by molar-refractivity contribution is -0.716. The maximum absolute atomic E-state index is 2.22. The second-order valence-electron chi connectivity index (χ2n) is 3.83. The van der Waals surface area contributed by atoms with Crippen molar-refractivity contribution in [2.45, 2.75) is 67.3 Å². The topological polar surface area (TPSA) is 3.88 Å². The van der Waals surface area contributed by atoms with Gasteiger partial charge in [0.05, 0.1) is 0 Å². The summed E-state index contributed by atoms with van der Waals surface area (Å²) >= 11 is 0. The highest BCUT2D eigenvalue weighted by Crippen LogP contribution is 2.11. The third kappa shape index (κ3) is 6.60. The van der Waals surface area contributed by atoms with E-state index in [1.807, 2.05) is 27.7 Å². The maximum atomic E-state index is 2.22. The maximum Gasteiger partial charge on any atom is 0.169 e. The van der Waals surface area contributed by atoms with Crippen LogP contribution in [0.3, 0.4) is 0 Å². The first kappa shape index (κ1) is 17.5. The van der Waals surface area contributed by atoms with Crippen LogP contribution < -0.4 is 4.57 Å². The number of nitrogens with zero attached hydrogens (tertiary/aromatic N) is 1. The van der Waals surface area contributed by atoms with E-state index in [0.717, 1.165) is 0 Å². The van der Waals surface area contributed by atoms with E-state index < -0.39 is 0 Å². The van der Waals surface area contributed by atoms with Gasteiger partial charge < -0.3 is 0 Å². The van der Waals surface area contributed by atoms with Gasteiger partial charge in [-0.1, -0.05) is 41.5 Å². The van der Waals surface area contributed by atoms with Crippen molar-refractivity contribution in [3.63, 3.8) is 0 Å². The average Bonchev–Trinajstić information content (AvgIpc) is 2.34. The van der Waals surface area contributed by atoms with Crippen molar-refractivity contribution in [1.29, 1.82) is 0 Å². The average molecular weight is 224 g/mol. The van der Waals surface area contributed by atoms with Gasteiger partial charge in [0.2, 0.25) is 0 Å². The minimum Gasteiger partial charge on any atom is -0.203 e. The molecule has 0 saturated heterocycles. The lowest BCUT2D eigenvalue weighted by Gasteiger charge is -2.04. The highest BCUT2D eigenvalue weighted by molar-refractivity contribution is 5.11. The van der Waals surface area contributed by atoms with Crippen molar-refractivity contribution in [2.24, 2.45) is 0 Å². The fraction of sp³-hybridized carbons (Fsp3) is 0.667. The normalized spacial score (nSPS) is 9.12. The van der Waals surface area contributed by atoms with Crippen LogP contribution >= 0.6 is 0 Å². The fourth-order valence-corrected chi connectivity index (χ4v) is 1.18. The molecule has 0 spiro atoms. The van der Waals surface area contributed by atoms with Crippen LogP contribution in [-0.2, 0) is 0 Å². The molecular weight excluding hydrogens is 194 g/mol. The summed E-state index contributed by atoms with van der Waals surface area (Å²) < 4.78 is 2.21. The molecule has 1 heteroatoms. The molecule has 1 aromatic heterocycles. The molecule has 0 aliphatic heterocycles. The van der Waals surface area contributed by atoms with Crippen molar-refractivity contribution in [1.82, 2.24) is 0 Å². The number of hydrogen-bond donors (Lipinski definition) is 0. The summed E-state index contributed by atoms with van der Waals surface area (Å²) in [4.78, 5) is 0. The van der Waals surface area contributed by atoms with E-state index in [1.54, 1.807) is 0 Å². The molecule has 1 nitrogen and oxygen atoms in total. The molecule has 16 heavy (non-hydrogen) atoms. The predicted molar refractivity (Wildman–Crippen MR) is 73.8 cm³/mol. The Balaban J connectivity index is 0. The van der Waals surface area contributed by atoms with Crippen molar-refractivity contribution in [3.05, 3.63) is 30.1 Å². The molecular formula is C15H30N+. The van der Waals surface area contributed by atoms with Gasteiger partial charge in [-0.15, -0.1) is 0 Å². The molecule has 0 unspecified atom stereocenters. The summed E-state index contributed by atoms with van der Waals surface area (Å²) in [5.74, 6) is 0.631. The second-order valence-corrected chi connectivity index (χ2v) is 3.83. The van der Waals surface area contributed by atoms with E-state index in [1.165, 1.54) is 5.56 Å². The second kappa shape index (κ2) is 10.7. The lowest BCUT2D eigenvalue weighted by atomic mass is 10.1. The van der Waals surface area contributed by atoms with Crippen LogP contribution in [0.15, 0.2) is 24.5 Å². The number of aromatic nitrogens is 1. The van der Waals surface area contributed by atoms with Gasteiger partial charge >= 0.3 is 0 Å².